The van der Waals surface area contributed by atoms with Crippen molar-refractivity contribution in [1.82, 2.24) is 5.32 Å². The van der Waals surface area contributed by atoms with Gasteiger partial charge in [-0.1, -0.05) is 12.1 Å². The van der Waals surface area contributed by atoms with E-state index in [0.717, 1.165) is 11.0 Å². The Hall–Kier alpha value is -3.59. The minimum absolute atomic E-state index is 0.157. The van der Waals surface area contributed by atoms with Crippen molar-refractivity contribution in [2.75, 3.05) is 19.5 Å². The summed E-state index contributed by atoms with van der Waals surface area (Å²) in [5.74, 6) is 0.881. The first kappa shape index (κ1) is 21.6. The average Bonchev–Trinajstić information content (AvgIpc) is 3.10. The first-order chi connectivity index (χ1) is 15.3. The second-order valence-corrected chi connectivity index (χ2v) is 9.30. The van der Waals surface area contributed by atoms with Gasteiger partial charge in [-0.15, -0.1) is 0 Å². The summed E-state index contributed by atoms with van der Waals surface area (Å²) in [6.45, 7) is 1.41. The van der Waals surface area contributed by atoms with E-state index in [1.54, 1.807) is 56.5 Å². The Morgan fingerprint density at radius 1 is 1.16 bits per heavy atom. The van der Waals surface area contributed by atoms with Crippen molar-refractivity contribution in [3.05, 3.63) is 69.9 Å². The summed E-state index contributed by atoms with van der Waals surface area (Å²) < 4.78 is 39.4. The van der Waals surface area contributed by atoms with Gasteiger partial charge in [-0.05, 0) is 42.8 Å². The molecule has 0 saturated heterocycles. The van der Waals surface area contributed by atoms with Gasteiger partial charge in [0.15, 0.2) is 16.4 Å². The van der Waals surface area contributed by atoms with Gasteiger partial charge in [-0.3, -0.25) is 9.59 Å². The van der Waals surface area contributed by atoms with Crippen LogP contribution in [0.5, 0.6) is 11.5 Å². The molecule has 1 amide bonds. The summed E-state index contributed by atoms with van der Waals surface area (Å²) in [4.78, 5) is 25.1. The van der Waals surface area contributed by atoms with Crippen molar-refractivity contribution in [3.63, 3.8) is 0 Å². The Bertz CT molecular complexity index is 1370. The van der Waals surface area contributed by atoms with Crippen LogP contribution in [0.3, 0.4) is 0 Å². The highest BCUT2D eigenvalue weighted by atomic mass is 32.2. The minimum Gasteiger partial charge on any atom is -0.497 e. The monoisotopic (exact) mass is 455 g/mol. The highest BCUT2D eigenvalue weighted by Crippen LogP contribution is 2.27. The molecule has 1 aliphatic heterocycles. The normalized spacial score (nSPS) is 16.8. The quantitative estimate of drug-likeness (QED) is 0.608. The van der Waals surface area contributed by atoms with Crippen molar-refractivity contribution in [2.45, 2.75) is 13.0 Å². The number of benzene rings is 2. The summed E-state index contributed by atoms with van der Waals surface area (Å²) in [5.41, 5.74) is 1.35. The van der Waals surface area contributed by atoms with Gasteiger partial charge in [0.25, 0.3) is 5.91 Å². The summed E-state index contributed by atoms with van der Waals surface area (Å²) in [6.07, 6.45) is 1.43. The third-order valence-electron chi connectivity index (χ3n) is 5.06. The molecule has 1 N–H and O–H groups in total. The van der Waals surface area contributed by atoms with Gasteiger partial charge in [0, 0.05) is 11.5 Å². The van der Waals surface area contributed by atoms with Gasteiger partial charge < -0.3 is 19.2 Å². The molecule has 1 aromatic heterocycles. The van der Waals surface area contributed by atoms with E-state index in [9.17, 15) is 18.0 Å². The lowest BCUT2D eigenvalue weighted by Crippen LogP contribution is -2.38. The largest absolute Gasteiger partial charge is 0.497 e. The number of amides is 1. The van der Waals surface area contributed by atoms with E-state index in [0.29, 0.717) is 33.8 Å². The molecule has 0 aliphatic carbocycles. The van der Waals surface area contributed by atoms with E-state index in [1.807, 2.05) is 0 Å². The van der Waals surface area contributed by atoms with Crippen LogP contribution in [0.15, 0.2) is 63.2 Å². The zero-order chi connectivity index (χ0) is 22.9. The highest BCUT2D eigenvalue weighted by Gasteiger charge is 2.23. The summed E-state index contributed by atoms with van der Waals surface area (Å²) in [6, 6.07) is 11.3. The van der Waals surface area contributed by atoms with Crippen molar-refractivity contribution in [2.24, 2.45) is 0 Å². The predicted octanol–water partition coefficient (Wildman–Crippen LogP) is 2.58. The molecule has 0 radical (unpaired) electrons. The SMILES string of the molecule is COc1ccc(-c2c(C)oc3cc(OCC(=O)NC4C=CS(=O)(=O)C4)ccc3c2=O)cc1. The van der Waals surface area contributed by atoms with E-state index in [1.165, 1.54) is 6.08 Å². The molecular weight excluding hydrogens is 434 g/mol. The molecule has 0 saturated carbocycles. The molecule has 0 fully saturated rings. The van der Waals surface area contributed by atoms with Crippen LogP contribution >= 0.6 is 0 Å². The number of carbonyl (C=O) groups is 1. The number of hydrogen-bond acceptors (Lipinski definition) is 7. The number of rotatable bonds is 6. The standard InChI is InChI=1S/C23H21NO7S/c1-14-22(15-3-5-17(29-2)6-4-15)23(26)19-8-7-18(11-20(19)31-14)30-12-21(25)24-16-9-10-32(27,28)13-16/h3-11,16H,12-13H2,1-2H3,(H,24,25). The third kappa shape index (κ3) is 4.52. The molecule has 1 atom stereocenters. The number of carbonyl (C=O) groups excluding carboxylic acids is 1. The van der Waals surface area contributed by atoms with Crippen molar-refractivity contribution < 1.29 is 27.1 Å². The zero-order valence-electron chi connectivity index (χ0n) is 17.5. The van der Waals surface area contributed by atoms with E-state index in [-0.39, 0.29) is 17.8 Å². The lowest BCUT2D eigenvalue weighted by atomic mass is 10.0. The van der Waals surface area contributed by atoms with E-state index < -0.39 is 21.8 Å². The maximum Gasteiger partial charge on any atom is 0.258 e. The fourth-order valence-electron chi connectivity index (χ4n) is 3.53. The maximum absolute atomic E-state index is 13.1. The molecule has 0 bridgehead atoms. The van der Waals surface area contributed by atoms with E-state index >= 15 is 0 Å². The first-order valence-corrected chi connectivity index (χ1v) is 11.5. The van der Waals surface area contributed by atoms with Crippen LogP contribution in [0.4, 0.5) is 0 Å². The number of hydrogen-bond donors (Lipinski definition) is 1. The van der Waals surface area contributed by atoms with E-state index in [2.05, 4.69) is 5.32 Å². The molecule has 1 unspecified atom stereocenters. The van der Waals surface area contributed by atoms with Crippen LogP contribution in [-0.4, -0.2) is 39.8 Å². The second-order valence-electron chi connectivity index (χ2n) is 7.37. The number of methoxy groups -OCH3 is 1. The third-order valence-corrected chi connectivity index (χ3v) is 6.46. The average molecular weight is 455 g/mol. The van der Waals surface area contributed by atoms with Gasteiger partial charge in [0.05, 0.1) is 29.9 Å². The molecule has 9 heteroatoms. The Kier molecular flexibility index (Phi) is 5.75. The molecular formula is C23H21NO7S. The Labute approximate surface area is 184 Å². The molecule has 4 rings (SSSR count). The number of ether oxygens (including phenoxy) is 2. The van der Waals surface area contributed by atoms with Crippen LogP contribution in [0.1, 0.15) is 5.76 Å². The van der Waals surface area contributed by atoms with Gasteiger partial charge in [-0.25, -0.2) is 8.42 Å². The van der Waals surface area contributed by atoms with Crippen LogP contribution in [0.25, 0.3) is 22.1 Å². The van der Waals surface area contributed by atoms with Gasteiger partial charge >= 0.3 is 0 Å². The molecule has 3 aromatic rings. The van der Waals surface area contributed by atoms with Crippen LogP contribution in [0.2, 0.25) is 0 Å². The van der Waals surface area contributed by atoms with Crippen molar-refractivity contribution in [1.29, 1.82) is 0 Å². The highest BCUT2D eigenvalue weighted by molar-refractivity contribution is 7.94. The summed E-state index contributed by atoms with van der Waals surface area (Å²) >= 11 is 0. The van der Waals surface area contributed by atoms with Gasteiger partial charge in [0.2, 0.25) is 5.43 Å². The van der Waals surface area contributed by atoms with Gasteiger partial charge in [0.1, 0.15) is 22.8 Å². The Morgan fingerprint density at radius 3 is 2.53 bits per heavy atom. The lowest BCUT2D eigenvalue weighted by Gasteiger charge is -2.12. The molecule has 2 heterocycles. The molecule has 2 aromatic carbocycles. The molecule has 166 valence electrons. The maximum atomic E-state index is 13.1. The summed E-state index contributed by atoms with van der Waals surface area (Å²) in [7, 11) is -1.68. The number of sulfone groups is 1. The number of aryl methyl sites for hydroxylation is 1. The van der Waals surface area contributed by atoms with Crippen LogP contribution in [-0.2, 0) is 14.6 Å². The van der Waals surface area contributed by atoms with Crippen LogP contribution in [0, 0.1) is 6.92 Å². The fourth-order valence-corrected chi connectivity index (χ4v) is 4.77. The van der Waals surface area contributed by atoms with E-state index in [4.69, 9.17) is 13.9 Å². The molecule has 1 aliphatic rings. The smallest absolute Gasteiger partial charge is 0.258 e. The number of fused-ring (bicyclic) bond motifs is 1. The lowest BCUT2D eigenvalue weighted by molar-refractivity contribution is -0.123. The second kappa shape index (κ2) is 8.51. The van der Waals surface area contributed by atoms with Crippen molar-refractivity contribution >= 4 is 26.7 Å². The topological polar surface area (TPSA) is 112 Å². The fraction of sp³-hybridized carbons (Fsp3) is 0.217. The first-order valence-electron chi connectivity index (χ1n) is 9.81. The molecule has 32 heavy (non-hydrogen) atoms. The minimum atomic E-state index is -3.25. The molecule has 8 nitrogen and oxygen atoms in total. The number of nitrogens with one attached hydrogen (secondary N) is 1. The summed E-state index contributed by atoms with van der Waals surface area (Å²) in [5, 5.41) is 4.06. The molecule has 0 spiro atoms. The van der Waals surface area contributed by atoms with Crippen molar-refractivity contribution in [3.8, 4) is 22.6 Å². The Balaban J connectivity index is 1.51. The Morgan fingerprint density at radius 2 is 1.88 bits per heavy atom. The van der Waals surface area contributed by atoms with Gasteiger partial charge in [-0.2, -0.15) is 0 Å². The zero-order valence-corrected chi connectivity index (χ0v) is 18.3. The predicted molar refractivity (Wildman–Crippen MR) is 120 cm³/mol. The van der Waals surface area contributed by atoms with Crippen LogP contribution < -0.4 is 20.2 Å².